The third kappa shape index (κ3) is 5.20. The Morgan fingerprint density at radius 2 is 2.00 bits per heavy atom. The second kappa shape index (κ2) is 9.84. The quantitative estimate of drug-likeness (QED) is 0.416. The number of benzene rings is 2. The maximum absolute atomic E-state index is 12.3. The smallest absolute Gasteiger partial charge is 0.338 e. The molecular formula is C22H22N2O4S. The van der Waals surface area contributed by atoms with Gasteiger partial charge in [-0.2, -0.15) is 4.99 Å². The van der Waals surface area contributed by atoms with Gasteiger partial charge in [0.25, 0.3) is 5.91 Å². The number of aromatic nitrogens is 1. The third-order valence-electron chi connectivity index (χ3n) is 4.05. The molecule has 0 bridgehead atoms. The highest BCUT2D eigenvalue weighted by molar-refractivity contribution is 7.16. The molecule has 29 heavy (non-hydrogen) atoms. The predicted molar refractivity (Wildman–Crippen MR) is 113 cm³/mol. The van der Waals surface area contributed by atoms with Crippen molar-refractivity contribution < 1.29 is 19.1 Å². The van der Waals surface area contributed by atoms with Crippen molar-refractivity contribution in [2.75, 3.05) is 13.2 Å². The lowest BCUT2D eigenvalue weighted by Crippen LogP contribution is -2.17. The number of para-hydroxylation sites is 1. The number of fused-ring (bicyclic) bond motifs is 1. The minimum Gasteiger partial charge on any atom is -0.493 e. The van der Waals surface area contributed by atoms with E-state index >= 15 is 0 Å². The maximum Gasteiger partial charge on any atom is 0.338 e. The first-order chi connectivity index (χ1) is 14.1. The van der Waals surface area contributed by atoms with Crippen molar-refractivity contribution in [3.8, 4) is 5.75 Å². The second-order valence-electron chi connectivity index (χ2n) is 6.10. The van der Waals surface area contributed by atoms with Gasteiger partial charge in [-0.1, -0.05) is 35.6 Å². The first-order valence-corrected chi connectivity index (χ1v) is 10.1. The van der Waals surface area contributed by atoms with Crippen molar-refractivity contribution in [2.45, 2.75) is 19.9 Å². The number of carbonyl (C=O) groups excluding carboxylic acids is 2. The monoisotopic (exact) mass is 410 g/mol. The molecule has 1 aromatic heterocycles. The molecule has 0 atom stereocenters. The van der Waals surface area contributed by atoms with E-state index in [1.807, 2.05) is 41.0 Å². The minimum absolute atomic E-state index is 0.172. The molecule has 6 nitrogen and oxygen atoms in total. The first kappa shape index (κ1) is 20.5. The van der Waals surface area contributed by atoms with Gasteiger partial charge in [0, 0.05) is 6.54 Å². The molecular weight excluding hydrogens is 388 g/mol. The summed E-state index contributed by atoms with van der Waals surface area (Å²) >= 11 is 1.35. The van der Waals surface area contributed by atoms with Gasteiger partial charge in [0.1, 0.15) is 5.75 Å². The standard InChI is InChI=1S/C22H22N2O4S/c1-3-13-24-18-11-10-16(21(26)27-4-2)15-19(18)29-22(24)23-20(25)12-14-28-17-8-6-5-7-9-17/h3,5-11,15H,1,4,12-14H2,2H3. The van der Waals surface area contributed by atoms with E-state index in [4.69, 9.17) is 9.47 Å². The minimum atomic E-state index is -0.370. The highest BCUT2D eigenvalue weighted by Gasteiger charge is 2.12. The van der Waals surface area contributed by atoms with Crippen LogP contribution in [0.2, 0.25) is 0 Å². The number of amides is 1. The van der Waals surface area contributed by atoms with E-state index in [-0.39, 0.29) is 24.9 Å². The number of ether oxygens (including phenoxy) is 2. The molecule has 0 aliphatic carbocycles. The molecule has 2 aromatic carbocycles. The fourth-order valence-corrected chi connectivity index (χ4v) is 3.84. The van der Waals surface area contributed by atoms with Crippen LogP contribution in [0.1, 0.15) is 23.7 Å². The van der Waals surface area contributed by atoms with Gasteiger partial charge in [0.05, 0.1) is 35.4 Å². The Hall–Kier alpha value is -3.19. The molecule has 0 radical (unpaired) electrons. The van der Waals surface area contributed by atoms with Gasteiger partial charge in [-0.3, -0.25) is 4.79 Å². The lowest BCUT2D eigenvalue weighted by molar-refractivity contribution is -0.118. The summed E-state index contributed by atoms with van der Waals surface area (Å²) < 4.78 is 13.4. The van der Waals surface area contributed by atoms with Gasteiger partial charge in [0.15, 0.2) is 4.80 Å². The fourth-order valence-electron chi connectivity index (χ4n) is 2.74. The van der Waals surface area contributed by atoms with E-state index in [9.17, 15) is 9.59 Å². The van der Waals surface area contributed by atoms with Crippen LogP contribution in [0.3, 0.4) is 0 Å². The molecule has 0 spiro atoms. The Bertz CT molecular complexity index is 1080. The van der Waals surface area contributed by atoms with Crippen LogP contribution in [-0.2, 0) is 16.1 Å². The topological polar surface area (TPSA) is 69.9 Å². The van der Waals surface area contributed by atoms with E-state index in [1.54, 1.807) is 25.1 Å². The summed E-state index contributed by atoms with van der Waals surface area (Å²) in [5.41, 5.74) is 1.36. The zero-order chi connectivity index (χ0) is 20.6. The van der Waals surface area contributed by atoms with Crippen LogP contribution in [0.25, 0.3) is 10.2 Å². The molecule has 0 aliphatic rings. The number of allylic oxidation sites excluding steroid dienone is 1. The van der Waals surface area contributed by atoms with Crippen LogP contribution in [0.4, 0.5) is 0 Å². The Balaban J connectivity index is 1.82. The molecule has 0 aliphatic heterocycles. The van der Waals surface area contributed by atoms with E-state index in [0.717, 1.165) is 16.0 Å². The van der Waals surface area contributed by atoms with Crippen LogP contribution in [0.15, 0.2) is 66.2 Å². The Labute approximate surface area is 172 Å². The normalized spacial score (nSPS) is 11.4. The summed E-state index contributed by atoms with van der Waals surface area (Å²) in [6.45, 7) is 6.62. The van der Waals surface area contributed by atoms with Crippen LogP contribution < -0.4 is 9.54 Å². The average molecular weight is 410 g/mol. The second-order valence-corrected chi connectivity index (χ2v) is 7.11. The number of hydrogen-bond donors (Lipinski definition) is 0. The van der Waals surface area contributed by atoms with Gasteiger partial charge in [-0.15, -0.1) is 6.58 Å². The highest BCUT2D eigenvalue weighted by atomic mass is 32.1. The van der Waals surface area contributed by atoms with Gasteiger partial charge >= 0.3 is 5.97 Å². The van der Waals surface area contributed by atoms with Crippen molar-refractivity contribution >= 4 is 33.4 Å². The number of nitrogens with zero attached hydrogens (tertiary/aromatic N) is 2. The maximum atomic E-state index is 12.3. The Kier molecular flexibility index (Phi) is 6.97. The molecule has 0 saturated carbocycles. The van der Waals surface area contributed by atoms with Crippen molar-refractivity contribution in [2.24, 2.45) is 4.99 Å². The first-order valence-electron chi connectivity index (χ1n) is 9.29. The predicted octanol–water partition coefficient (Wildman–Crippen LogP) is 3.96. The molecule has 1 amide bonds. The zero-order valence-electron chi connectivity index (χ0n) is 16.2. The van der Waals surface area contributed by atoms with Crippen LogP contribution >= 0.6 is 11.3 Å². The highest BCUT2D eigenvalue weighted by Crippen LogP contribution is 2.20. The van der Waals surface area contributed by atoms with E-state index in [0.29, 0.717) is 23.5 Å². The van der Waals surface area contributed by atoms with E-state index in [2.05, 4.69) is 11.6 Å². The summed E-state index contributed by atoms with van der Waals surface area (Å²) in [6.07, 6.45) is 1.92. The summed E-state index contributed by atoms with van der Waals surface area (Å²) in [6, 6.07) is 14.7. The zero-order valence-corrected chi connectivity index (χ0v) is 17.0. The number of esters is 1. The Morgan fingerprint density at radius 1 is 1.21 bits per heavy atom. The number of hydrogen-bond acceptors (Lipinski definition) is 5. The molecule has 150 valence electrons. The Morgan fingerprint density at radius 3 is 2.72 bits per heavy atom. The molecule has 3 aromatic rings. The van der Waals surface area contributed by atoms with Crippen LogP contribution in [-0.4, -0.2) is 29.7 Å². The summed E-state index contributed by atoms with van der Waals surface area (Å²) in [5.74, 6) is 0.0805. The lowest BCUT2D eigenvalue weighted by Gasteiger charge is -2.04. The summed E-state index contributed by atoms with van der Waals surface area (Å²) in [5, 5.41) is 0. The number of carbonyl (C=O) groups is 2. The van der Waals surface area contributed by atoms with Gasteiger partial charge in [-0.05, 0) is 37.3 Å². The lowest BCUT2D eigenvalue weighted by atomic mass is 10.2. The number of rotatable bonds is 8. The number of thiazole rings is 1. The molecule has 0 fully saturated rings. The van der Waals surface area contributed by atoms with Crippen molar-refractivity contribution in [1.82, 2.24) is 4.57 Å². The van der Waals surface area contributed by atoms with Gasteiger partial charge < -0.3 is 14.0 Å². The molecule has 0 N–H and O–H groups in total. The van der Waals surface area contributed by atoms with E-state index in [1.165, 1.54) is 11.3 Å². The van der Waals surface area contributed by atoms with Gasteiger partial charge in [-0.25, -0.2) is 4.79 Å². The molecule has 1 heterocycles. The largest absolute Gasteiger partial charge is 0.493 e. The van der Waals surface area contributed by atoms with Crippen molar-refractivity contribution in [1.29, 1.82) is 0 Å². The molecule has 7 heteroatoms. The van der Waals surface area contributed by atoms with Crippen LogP contribution in [0, 0.1) is 0 Å². The molecule has 0 unspecified atom stereocenters. The SMILES string of the molecule is C=CCn1c(=NC(=O)CCOc2ccccc2)sc2cc(C(=O)OCC)ccc21. The van der Waals surface area contributed by atoms with Crippen molar-refractivity contribution in [3.05, 3.63) is 71.6 Å². The summed E-state index contributed by atoms with van der Waals surface area (Å²) in [7, 11) is 0. The van der Waals surface area contributed by atoms with Crippen molar-refractivity contribution in [3.63, 3.8) is 0 Å². The summed E-state index contributed by atoms with van der Waals surface area (Å²) in [4.78, 5) is 29.1. The molecule has 0 saturated heterocycles. The fraction of sp³-hybridized carbons (Fsp3) is 0.227. The van der Waals surface area contributed by atoms with Gasteiger partial charge in [0.2, 0.25) is 0 Å². The van der Waals surface area contributed by atoms with E-state index < -0.39 is 0 Å². The third-order valence-corrected chi connectivity index (χ3v) is 5.09. The molecule has 3 rings (SSSR count). The average Bonchev–Trinajstić information content (AvgIpc) is 3.05. The van der Waals surface area contributed by atoms with Crippen LogP contribution in [0.5, 0.6) is 5.75 Å².